The summed E-state index contributed by atoms with van der Waals surface area (Å²) in [4.78, 5) is 22.6. The predicted octanol–water partition coefficient (Wildman–Crippen LogP) is 2.30. The second-order valence-electron chi connectivity index (χ2n) is 3.87. The molecule has 1 aromatic carbocycles. The lowest BCUT2D eigenvalue weighted by molar-refractivity contribution is -0.137. The quantitative estimate of drug-likeness (QED) is 0.871. The molecule has 0 unspecified atom stereocenters. The van der Waals surface area contributed by atoms with Crippen LogP contribution in [0.15, 0.2) is 23.3 Å². The number of rotatable bonds is 3. The van der Waals surface area contributed by atoms with Crippen molar-refractivity contribution in [2.45, 2.75) is 19.4 Å². The summed E-state index contributed by atoms with van der Waals surface area (Å²) in [6, 6.07) is 5.03. The first-order valence-electron chi connectivity index (χ1n) is 5.53. The number of amides is 1. The summed E-state index contributed by atoms with van der Waals surface area (Å²) in [6.45, 7) is -0.0374. The minimum atomic E-state index is -0.587. The summed E-state index contributed by atoms with van der Waals surface area (Å²) >= 11 is 11.9. The summed E-state index contributed by atoms with van der Waals surface area (Å²) in [7, 11) is 0. The zero-order valence-electron chi connectivity index (χ0n) is 9.78. The van der Waals surface area contributed by atoms with Crippen molar-refractivity contribution >= 4 is 40.8 Å². The summed E-state index contributed by atoms with van der Waals surface area (Å²) < 4.78 is 5.07. The highest BCUT2D eigenvalue weighted by atomic mass is 35.5. The van der Waals surface area contributed by atoms with E-state index in [0.29, 0.717) is 15.6 Å². The van der Waals surface area contributed by atoms with Crippen molar-refractivity contribution < 1.29 is 14.3 Å². The molecule has 0 aromatic heterocycles. The number of hydrazone groups is 1. The van der Waals surface area contributed by atoms with E-state index >= 15 is 0 Å². The van der Waals surface area contributed by atoms with E-state index in [0.717, 1.165) is 0 Å². The normalized spacial score (nSPS) is 14.6. The number of hydrogen-bond donors (Lipinski definition) is 1. The number of nitrogens with one attached hydrogen (secondary N) is 1. The van der Waals surface area contributed by atoms with Crippen LogP contribution < -0.4 is 5.43 Å². The molecule has 5 nitrogen and oxygen atoms in total. The van der Waals surface area contributed by atoms with Crippen LogP contribution in [0, 0.1) is 0 Å². The van der Waals surface area contributed by atoms with E-state index < -0.39 is 5.97 Å². The van der Waals surface area contributed by atoms with Crippen molar-refractivity contribution in [3.05, 3.63) is 33.8 Å². The fourth-order valence-corrected chi connectivity index (χ4v) is 2.02. The lowest BCUT2D eigenvalue weighted by Gasteiger charge is -2.12. The number of hydrogen-bond acceptors (Lipinski definition) is 4. The van der Waals surface area contributed by atoms with Crippen LogP contribution in [0.1, 0.15) is 18.4 Å². The third-order valence-corrected chi connectivity index (χ3v) is 3.26. The van der Waals surface area contributed by atoms with Crippen LogP contribution in [0.25, 0.3) is 0 Å². The lowest BCUT2D eigenvalue weighted by Crippen LogP contribution is -2.30. The zero-order chi connectivity index (χ0) is 13.8. The Labute approximate surface area is 119 Å². The molecule has 0 atom stereocenters. The van der Waals surface area contributed by atoms with Crippen LogP contribution in [0.5, 0.6) is 0 Å². The van der Waals surface area contributed by atoms with Crippen molar-refractivity contribution in [2.75, 3.05) is 0 Å². The number of ether oxygens (including phenoxy) is 1. The van der Waals surface area contributed by atoms with E-state index in [1.807, 2.05) is 0 Å². The van der Waals surface area contributed by atoms with Crippen LogP contribution in [0.2, 0.25) is 10.0 Å². The van der Waals surface area contributed by atoms with Crippen molar-refractivity contribution in [1.29, 1.82) is 0 Å². The molecule has 0 spiro atoms. The van der Waals surface area contributed by atoms with Gasteiger partial charge in [0, 0.05) is 28.5 Å². The van der Waals surface area contributed by atoms with Gasteiger partial charge in [0.25, 0.3) is 0 Å². The zero-order valence-corrected chi connectivity index (χ0v) is 11.3. The SMILES string of the molecule is O=C1CCC(C(=O)OCc2c(Cl)cccc2Cl)=NN1. The number of carbonyl (C=O) groups excluding carboxylic acids is 2. The largest absolute Gasteiger partial charge is 0.456 e. The second-order valence-corrected chi connectivity index (χ2v) is 4.68. The van der Waals surface area contributed by atoms with Gasteiger partial charge < -0.3 is 4.74 Å². The molecule has 100 valence electrons. The average molecular weight is 301 g/mol. The fraction of sp³-hybridized carbons (Fsp3) is 0.250. The van der Waals surface area contributed by atoms with Crippen LogP contribution in [-0.2, 0) is 20.9 Å². The Bertz CT molecular complexity index is 538. The Morgan fingerprint density at radius 3 is 2.58 bits per heavy atom. The third-order valence-electron chi connectivity index (χ3n) is 2.55. The molecule has 0 aliphatic carbocycles. The average Bonchev–Trinajstić information content (AvgIpc) is 2.38. The van der Waals surface area contributed by atoms with Crippen LogP contribution in [-0.4, -0.2) is 17.6 Å². The van der Waals surface area contributed by atoms with E-state index in [2.05, 4.69) is 10.5 Å². The Morgan fingerprint density at radius 2 is 2.00 bits per heavy atom. The molecule has 19 heavy (non-hydrogen) atoms. The summed E-state index contributed by atoms with van der Waals surface area (Å²) in [5, 5.41) is 4.50. The highest BCUT2D eigenvalue weighted by Crippen LogP contribution is 2.25. The molecule has 0 saturated carbocycles. The van der Waals surface area contributed by atoms with Gasteiger partial charge >= 0.3 is 5.97 Å². The van der Waals surface area contributed by atoms with Gasteiger partial charge in [0.1, 0.15) is 12.3 Å². The molecular formula is C12H10Cl2N2O3. The number of halogens is 2. The van der Waals surface area contributed by atoms with Gasteiger partial charge in [-0.2, -0.15) is 5.10 Å². The topological polar surface area (TPSA) is 67.8 Å². The van der Waals surface area contributed by atoms with Gasteiger partial charge in [-0.15, -0.1) is 0 Å². The molecule has 2 rings (SSSR count). The van der Waals surface area contributed by atoms with Crippen LogP contribution in [0.4, 0.5) is 0 Å². The molecule has 1 heterocycles. The predicted molar refractivity (Wildman–Crippen MR) is 71.1 cm³/mol. The number of nitrogens with zero attached hydrogens (tertiary/aromatic N) is 1. The molecule has 1 amide bonds. The standard InChI is InChI=1S/C12H10Cl2N2O3/c13-8-2-1-3-9(14)7(8)6-19-12(18)10-4-5-11(17)16-15-10/h1-3H,4-6H2,(H,16,17). The van der Waals surface area contributed by atoms with Crippen molar-refractivity contribution in [3.63, 3.8) is 0 Å². The first-order chi connectivity index (χ1) is 9.08. The number of carbonyl (C=O) groups is 2. The third kappa shape index (κ3) is 3.45. The van der Waals surface area contributed by atoms with Gasteiger partial charge in [-0.05, 0) is 12.1 Å². The number of esters is 1. The molecule has 1 aromatic rings. The molecule has 0 radical (unpaired) electrons. The van der Waals surface area contributed by atoms with Gasteiger partial charge in [0.15, 0.2) is 0 Å². The lowest BCUT2D eigenvalue weighted by atomic mass is 10.2. The van der Waals surface area contributed by atoms with Gasteiger partial charge in [0.2, 0.25) is 5.91 Å². The van der Waals surface area contributed by atoms with Gasteiger partial charge in [-0.3, -0.25) is 4.79 Å². The Kier molecular flexibility index (Phi) is 4.39. The minimum absolute atomic E-state index is 0.0374. The van der Waals surface area contributed by atoms with Crippen molar-refractivity contribution in [1.82, 2.24) is 5.43 Å². The molecule has 1 aliphatic heterocycles. The highest BCUT2D eigenvalue weighted by Gasteiger charge is 2.20. The smallest absolute Gasteiger partial charge is 0.354 e. The summed E-state index contributed by atoms with van der Waals surface area (Å²) in [6.07, 6.45) is 0.488. The Morgan fingerprint density at radius 1 is 1.32 bits per heavy atom. The van der Waals surface area contributed by atoms with E-state index in [4.69, 9.17) is 27.9 Å². The van der Waals surface area contributed by atoms with Crippen molar-refractivity contribution in [2.24, 2.45) is 5.10 Å². The maximum Gasteiger partial charge on any atom is 0.354 e. The van der Waals surface area contributed by atoms with Gasteiger partial charge in [-0.1, -0.05) is 29.3 Å². The molecule has 0 bridgehead atoms. The van der Waals surface area contributed by atoms with Gasteiger partial charge in [-0.25, -0.2) is 10.2 Å². The molecule has 1 aliphatic rings. The Hall–Kier alpha value is -1.59. The first kappa shape index (κ1) is 13.8. The molecule has 0 fully saturated rings. The van der Waals surface area contributed by atoms with E-state index in [9.17, 15) is 9.59 Å². The minimum Gasteiger partial charge on any atom is -0.456 e. The maximum absolute atomic E-state index is 11.7. The van der Waals surface area contributed by atoms with Crippen LogP contribution >= 0.6 is 23.2 Å². The summed E-state index contributed by atoms with van der Waals surface area (Å²) in [5.74, 6) is -0.804. The summed E-state index contributed by atoms with van der Waals surface area (Å²) in [5.41, 5.74) is 2.95. The fourth-order valence-electron chi connectivity index (χ4n) is 1.51. The molecule has 1 N–H and O–H groups in total. The van der Waals surface area contributed by atoms with E-state index in [1.165, 1.54) is 0 Å². The maximum atomic E-state index is 11.7. The molecular weight excluding hydrogens is 291 g/mol. The van der Waals surface area contributed by atoms with E-state index in [-0.39, 0.29) is 31.1 Å². The molecule has 7 heteroatoms. The second kappa shape index (κ2) is 6.04. The van der Waals surface area contributed by atoms with Crippen LogP contribution in [0.3, 0.4) is 0 Å². The molecule has 0 saturated heterocycles. The monoisotopic (exact) mass is 300 g/mol. The van der Waals surface area contributed by atoms with Gasteiger partial charge in [0.05, 0.1) is 0 Å². The Balaban J connectivity index is 1.99. The highest BCUT2D eigenvalue weighted by molar-refractivity contribution is 6.37. The van der Waals surface area contributed by atoms with E-state index in [1.54, 1.807) is 18.2 Å². The number of benzene rings is 1. The first-order valence-corrected chi connectivity index (χ1v) is 6.29. The van der Waals surface area contributed by atoms with Crippen molar-refractivity contribution in [3.8, 4) is 0 Å².